The van der Waals surface area contributed by atoms with Gasteiger partial charge in [-0.25, -0.2) is 18.7 Å². The van der Waals surface area contributed by atoms with Crippen LogP contribution >= 0.6 is 12.8 Å². The third-order valence-corrected chi connectivity index (χ3v) is 5.23. The number of hydrogen-bond acceptors (Lipinski definition) is 6. The second-order valence-electron chi connectivity index (χ2n) is 6.89. The Balaban J connectivity index is 0.000000252. The molecule has 1 fully saturated rings. The number of benzene rings is 2. The Morgan fingerprint density at radius 1 is 1.14 bits per heavy atom. The first-order chi connectivity index (χ1) is 14.0. The maximum absolute atomic E-state index is 14.3. The Kier molecular flexibility index (Phi) is 7.22. The summed E-state index contributed by atoms with van der Waals surface area (Å²) in [6.07, 6.45) is 8.84. The molecule has 0 bridgehead atoms. The lowest BCUT2D eigenvalue weighted by Crippen LogP contribution is -2.13. The van der Waals surface area contributed by atoms with Crippen LogP contribution in [0.25, 0.3) is 22.0 Å². The number of aromatic nitrogens is 2. The second kappa shape index (κ2) is 9.84. The van der Waals surface area contributed by atoms with Crippen molar-refractivity contribution in [1.82, 2.24) is 9.97 Å². The summed E-state index contributed by atoms with van der Waals surface area (Å²) >= 11 is 3.80. The van der Waals surface area contributed by atoms with Gasteiger partial charge >= 0.3 is 0 Å². The van der Waals surface area contributed by atoms with Crippen LogP contribution in [0.1, 0.15) is 32.1 Å². The van der Waals surface area contributed by atoms with E-state index in [9.17, 15) is 8.78 Å². The molecule has 3 aromatic rings. The predicted octanol–water partition coefficient (Wildman–Crippen LogP) is 5.38. The second-order valence-corrected chi connectivity index (χ2v) is 7.12. The molecule has 5 nitrogen and oxygen atoms in total. The van der Waals surface area contributed by atoms with E-state index in [2.05, 4.69) is 27.5 Å². The maximum atomic E-state index is 14.3. The van der Waals surface area contributed by atoms with Gasteiger partial charge in [0, 0.05) is 18.7 Å². The summed E-state index contributed by atoms with van der Waals surface area (Å²) in [5.41, 5.74) is 6.46. The molecule has 0 spiro atoms. The Bertz CT molecular complexity index is 980. The van der Waals surface area contributed by atoms with Crippen molar-refractivity contribution in [3.8, 4) is 11.1 Å². The van der Waals surface area contributed by atoms with Crippen LogP contribution in [0.5, 0.6) is 0 Å². The number of ether oxygens (including phenoxy) is 1. The molecular weight excluding hydrogens is 394 g/mol. The van der Waals surface area contributed by atoms with Crippen LogP contribution in [0, 0.1) is 11.6 Å². The zero-order valence-electron chi connectivity index (χ0n) is 16.2. The summed E-state index contributed by atoms with van der Waals surface area (Å²) in [5.74, 6) is -1.22. The van der Waals surface area contributed by atoms with E-state index in [1.165, 1.54) is 50.4 Å². The van der Waals surface area contributed by atoms with Gasteiger partial charge in [-0.1, -0.05) is 38.1 Å². The van der Waals surface area contributed by atoms with Gasteiger partial charge in [0.25, 0.3) is 0 Å². The van der Waals surface area contributed by atoms with E-state index in [0.717, 1.165) is 0 Å². The number of halogens is 2. The molecule has 2 aromatic carbocycles. The molecule has 154 valence electrons. The summed E-state index contributed by atoms with van der Waals surface area (Å²) in [6, 6.07) is 7.30. The SMILES string of the molecule is COC1CCCCC1.Nc1ncc2cc(-c3c(F)ccc(NS)c3F)ccc2n1. The molecule has 1 heterocycles. The van der Waals surface area contributed by atoms with E-state index in [1.807, 2.05) is 7.11 Å². The minimum Gasteiger partial charge on any atom is -0.381 e. The van der Waals surface area contributed by atoms with Crippen molar-refractivity contribution < 1.29 is 13.5 Å². The van der Waals surface area contributed by atoms with Gasteiger partial charge in [-0.3, -0.25) is 0 Å². The molecule has 0 radical (unpaired) electrons. The topological polar surface area (TPSA) is 73.1 Å². The van der Waals surface area contributed by atoms with Crippen LogP contribution in [0.4, 0.5) is 20.4 Å². The third kappa shape index (κ3) is 5.13. The van der Waals surface area contributed by atoms with E-state index in [-0.39, 0.29) is 17.2 Å². The van der Waals surface area contributed by atoms with Crippen molar-refractivity contribution >= 4 is 35.4 Å². The molecule has 1 aliphatic carbocycles. The average Bonchev–Trinajstić information content (AvgIpc) is 2.75. The van der Waals surface area contributed by atoms with Gasteiger partial charge in [-0.2, -0.15) is 0 Å². The molecule has 29 heavy (non-hydrogen) atoms. The van der Waals surface area contributed by atoms with E-state index >= 15 is 0 Å². The molecule has 0 amide bonds. The van der Waals surface area contributed by atoms with Crippen molar-refractivity contribution in [2.45, 2.75) is 38.2 Å². The Morgan fingerprint density at radius 3 is 2.55 bits per heavy atom. The van der Waals surface area contributed by atoms with Gasteiger partial charge < -0.3 is 15.2 Å². The lowest BCUT2D eigenvalue weighted by atomic mass is 9.98. The minimum atomic E-state index is -0.708. The molecule has 1 aliphatic rings. The maximum Gasteiger partial charge on any atom is 0.220 e. The van der Waals surface area contributed by atoms with Crippen LogP contribution in [0.3, 0.4) is 0 Å². The summed E-state index contributed by atoms with van der Waals surface area (Å²) < 4.78 is 35.8. The number of nitrogen functional groups attached to an aromatic ring is 1. The zero-order valence-corrected chi connectivity index (χ0v) is 17.1. The van der Waals surface area contributed by atoms with Crippen molar-refractivity contribution in [2.24, 2.45) is 0 Å². The first kappa shape index (κ1) is 21.3. The number of nitrogens with zero attached hydrogens (tertiary/aromatic N) is 2. The van der Waals surface area contributed by atoms with Crippen LogP contribution in [-0.2, 0) is 4.74 Å². The first-order valence-electron chi connectivity index (χ1n) is 9.47. The Hall–Kier alpha value is -2.45. The van der Waals surface area contributed by atoms with Crippen LogP contribution in [0.2, 0.25) is 0 Å². The van der Waals surface area contributed by atoms with Crippen LogP contribution in [0.15, 0.2) is 36.5 Å². The fraction of sp³-hybridized carbons (Fsp3) is 0.333. The lowest BCUT2D eigenvalue weighted by molar-refractivity contribution is 0.0710. The number of rotatable bonds is 3. The third-order valence-electron chi connectivity index (χ3n) is 4.98. The van der Waals surface area contributed by atoms with Crippen molar-refractivity contribution in [3.63, 3.8) is 0 Å². The molecule has 0 aliphatic heterocycles. The largest absolute Gasteiger partial charge is 0.381 e. The van der Waals surface area contributed by atoms with Crippen LogP contribution < -0.4 is 10.5 Å². The normalized spacial score (nSPS) is 14.3. The monoisotopic (exact) mass is 418 g/mol. The smallest absolute Gasteiger partial charge is 0.220 e. The highest BCUT2D eigenvalue weighted by Gasteiger charge is 2.16. The molecule has 1 saturated carbocycles. The quantitative estimate of drug-likeness (QED) is 0.498. The van der Waals surface area contributed by atoms with Crippen molar-refractivity contribution in [3.05, 3.63) is 48.2 Å². The predicted molar refractivity (Wildman–Crippen MR) is 116 cm³/mol. The number of thiol groups is 1. The number of anilines is 2. The summed E-state index contributed by atoms with van der Waals surface area (Å²) in [6.45, 7) is 0. The molecule has 0 saturated heterocycles. The molecule has 0 unspecified atom stereocenters. The summed E-state index contributed by atoms with van der Waals surface area (Å²) in [5, 5.41) is 0.643. The number of nitrogens with one attached hydrogen (secondary N) is 1. The molecular formula is C21H24F2N4OS. The average molecular weight is 419 g/mol. The number of nitrogens with two attached hydrogens (primary N) is 1. The highest BCUT2D eigenvalue weighted by Crippen LogP contribution is 2.32. The van der Waals surface area contributed by atoms with Gasteiger partial charge in [-0.05, 0) is 42.7 Å². The van der Waals surface area contributed by atoms with Crippen molar-refractivity contribution in [1.29, 1.82) is 0 Å². The van der Waals surface area contributed by atoms with Gasteiger partial charge in [0.15, 0.2) is 5.82 Å². The molecule has 1 aromatic heterocycles. The molecule has 3 N–H and O–H groups in total. The number of methoxy groups -OCH3 is 1. The zero-order chi connectivity index (χ0) is 20.8. The van der Waals surface area contributed by atoms with E-state index in [1.54, 1.807) is 18.2 Å². The Morgan fingerprint density at radius 2 is 1.90 bits per heavy atom. The first-order valence-corrected chi connectivity index (χ1v) is 9.91. The lowest BCUT2D eigenvalue weighted by Gasteiger charge is -2.19. The summed E-state index contributed by atoms with van der Waals surface area (Å²) in [4.78, 5) is 7.92. The number of fused-ring (bicyclic) bond motifs is 1. The highest BCUT2D eigenvalue weighted by atomic mass is 32.1. The minimum absolute atomic E-state index is 0.100. The fourth-order valence-corrected chi connectivity index (χ4v) is 3.58. The van der Waals surface area contributed by atoms with Gasteiger partial charge in [-0.15, -0.1) is 0 Å². The molecule has 8 heteroatoms. The van der Waals surface area contributed by atoms with Gasteiger partial charge in [0.2, 0.25) is 5.95 Å². The highest BCUT2D eigenvalue weighted by molar-refractivity contribution is 7.81. The Labute approximate surface area is 174 Å². The van der Waals surface area contributed by atoms with E-state index in [4.69, 9.17) is 10.5 Å². The number of hydrogen-bond donors (Lipinski definition) is 3. The van der Waals surface area contributed by atoms with Crippen LogP contribution in [-0.4, -0.2) is 23.2 Å². The van der Waals surface area contributed by atoms with Crippen molar-refractivity contribution in [2.75, 3.05) is 17.6 Å². The summed E-state index contributed by atoms with van der Waals surface area (Å²) in [7, 11) is 1.82. The molecule has 4 rings (SSSR count). The van der Waals surface area contributed by atoms with Gasteiger partial charge in [0.1, 0.15) is 5.82 Å². The fourth-order valence-electron chi connectivity index (χ4n) is 3.41. The van der Waals surface area contributed by atoms with Gasteiger partial charge in [0.05, 0.1) is 22.9 Å². The molecule has 0 atom stereocenters. The standard InChI is InChI=1S/C14H10F2N4S.C7H14O/c15-9-2-4-11(20-21)13(16)12(9)7-1-3-10-8(5-7)6-18-14(17)19-10;1-8-7-5-3-2-4-6-7/h1-6,20-21H,(H2,17,18,19);7H,2-6H2,1H3. The van der Waals surface area contributed by atoms with E-state index in [0.29, 0.717) is 22.6 Å². The van der Waals surface area contributed by atoms with E-state index < -0.39 is 11.6 Å².